The highest BCUT2D eigenvalue weighted by Crippen LogP contribution is 2.00. The fraction of sp³-hybridized carbons (Fsp3) is 1.00. The Morgan fingerprint density at radius 2 is 1.90 bits per heavy atom. The van der Waals surface area contributed by atoms with E-state index in [2.05, 4.69) is 0 Å². The lowest BCUT2D eigenvalue weighted by Crippen LogP contribution is -2.38. The standard InChI is InChI=1S/C4H11ClN2O2S/c1-4(2)7(3)10(8,9)6-5/h4,6H,1-3H3. The molecule has 0 aromatic rings. The van der Waals surface area contributed by atoms with Crippen molar-refractivity contribution < 1.29 is 8.42 Å². The summed E-state index contributed by atoms with van der Waals surface area (Å²) in [7, 11) is -1.99. The molecule has 0 rings (SSSR count). The second-order valence-electron chi connectivity index (χ2n) is 2.19. The van der Waals surface area contributed by atoms with Gasteiger partial charge in [-0.25, -0.2) is 0 Å². The fourth-order valence-electron chi connectivity index (χ4n) is 0.332. The van der Waals surface area contributed by atoms with Crippen LogP contribution >= 0.6 is 11.8 Å². The largest absolute Gasteiger partial charge is 0.292 e. The molecule has 4 nitrogen and oxygen atoms in total. The fourth-order valence-corrected chi connectivity index (χ4v) is 1.32. The van der Waals surface area contributed by atoms with Crippen LogP contribution in [0.15, 0.2) is 0 Å². The zero-order valence-electron chi connectivity index (χ0n) is 6.13. The number of nitrogens with one attached hydrogen (secondary N) is 1. The van der Waals surface area contributed by atoms with E-state index in [0.29, 0.717) is 0 Å². The predicted molar refractivity (Wildman–Crippen MR) is 40.8 cm³/mol. The van der Waals surface area contributed by atoms with E-state index in [4.69, 9.17) is 11.8 Å². The number of nitrogens with zero attached hydrogens (tertiary/aromatic N) is 1. The normalized spacial score (nSPS) is 13.0. The van der Waals surface area contributed by atoms with Crippen molar-refractivity contribution in [3.05, 3.63) is 0 Å². The summed E-state index contributed by atoms with van der Waals surface area (Å²) in [5, 5.41) is 0. The van der Waals surface area contributed by atoms with Gasteiger partial charge in [0.25, 0.3) is 10.2 Å². The minimum atomic E-state index is -3.45. The van der Waals surface area contributed by atoms with Crippen LogP contribution in [0.4, 0.5) is 0 Å². The zero-order chi connectivity index (χ0) is 8.36. The van der Waals surface area contributed by atoms with Gasteiger partial charge in [0.1, 0.15) is 0 Å². The number of rotatable bonds is 3. The molecule has 0 aliphatic carbocycles. The Hall–Kier alpha value is 0.160. The first-order chi connectivity index (χ1) is 4.41. The van der Waals surface area contributed by atoms with Gasteiger partial charge in [0, 0.05) is 13.1 Å². The molecule has 10 heavy (non-hydrogen) atoms. The summed E-state index contributed by atoms with van der Waals surface area (Å²) in [4.78, 5) is 0. The molecule has 0 saturated heterocycles. The van der Waals surface area contributed by atoms with E-state index in [0.717, 1.165) is 4.31 Å². The first-order valence-corrected chi connectivity index (χ1v) is 4.59. The maximum Gasteiger partial charge on any atom is 0.292 e. The van der Waals surface area contributed by atoms with Crippen molar-refractivity contribution in [1.29, 1.82) is 0 Å². The molecular weight excluding hydrogens is 176 g/mol. The molecule has 0 bridgehead atoms. The topological polar surface area (TPSA) is 49.4 Å². The lowest BCUT2D eigenvalue weighted by molar-refractivity contribution is 0.409. The SMILES string of the molecule is CC(C)N(C)S(=O)(=O)NCl. The van der Waals surface area contributed by atoms with Gasteiger partial charge in [-0.1, -0.05) is 0 Å². The van der Waals surface area contributed by atoms with Crippen molar-refractivity contribution in [2.45, 2.75) is 19.9 Å². The van der Waals surface area contributed by atoms with E-state index in [9.17, 15) is 8.42 Å². The van der Waals surface area contributed by atoms with Gasteiger partial charge in [0.15, 0.2) is 0 Å². The maximum absolute atomic E-state index is 10.8. The molecule has 0 spiro atoms. The van der Waals surface area contributed by atoms with Gasteiger partial charge in [-0.3, -0.25) is 0 Å². The van der Waals surface area contributed by atoms with Gasteiger partial charge in [-0.2, -0.15) is 12.7 Å². The predicted octanol–water partition coefficient (Wildman–Crippen LogP) is 0.315. The van der Waals surface area contributed by atoms with Crippen LogP contribution in [-0.2, 0) is 10.2 Å². The minimum Gasteiger partial charge on any atom is -0.194 e. The van der Waals surface area contributed by atoms with Gasteiger partial charge in [0.05, 0.1) is 0 Å². The molecule has 0 aliphatic rings. The van der Waals surface area contributed by atoms with Crippen LogP contribution < -0.4 is 4.24 Å². The number of hydrogen-bond acceptors (Lipinski definition) is 2. The third-order valence-electron chi connectivity index (χ3n) is 1.20. The highest BCUT2D eigenvalue weighted by Gasteiger charge is 2.18. The molecule has 0 aliphatic heterocycles. The van der Waals surface area contributed by atoms with Gasteiger partial charge < -0.3 is 0 Å². The van der Waals surface area contributed by atoms with Crippen LogP contribution in [0.2, 0.25) is 0 Å². The van der Waals surface area contributed by atoms with Crippen LogP contribution in [-0.4, -0.2) is 25.8 Å². The van der Waals surface area contributed by atoms with Crippen molar-refractivity contribution in [1.82, 2.24) is 8.55 Å². The Morgan fingerprint density at radius 1 is 1.50 bits per heavy atom. The summed E-state index contributed by atoms with van der Waals surface area (Å²) in [6, 6.07) is -0.0868. The van der Waals surface area contributed by atoms with Crippen molar-refractivity contribution >= 4 is 22.0 Å². The van der Waals surface area contributed by atoms with Gasteiger partial charge in [0.2, 0.25) is 0 Å². The van der Waals surface area contributed by atoms with Crippen LogP contribution in [0.3, 0.4) is 0 Å². The molecule has 0 saturated carbocycles. The zero-order valence-corrected chi connectivity index (χ0v) is 7.70. The quantitative estimate of drug-likeness (QED) is 0.646. The Morgan fingerprint density at radius 3 is 2.00 bits per heavy atom. The maximum atomic E-state index is 10.8. The van der Waals surface area contributed by atoms with E-state index >= 15 is 0 Å². The average molecular weight is 187 g/mol. The summed E-state index contributed by atoms with van der Waals surface area (Å²) in [6.45, 7) is 3.51. The molecule has 0 aromatic heterocycles. The molecule has 1 N–H and O–H groups in total. The van der Waals surface area contributed by atoms with Gasteiger partial charge in [-0.15, -0.1) is 4.24 Å². The van der Waals surface area contributed by atoms with E-state index in [1.807, 2.05) is 0 Å². The van der Waals surface area contributed by atoms with Crippen molar-refractivity contribution in [2.75, 3.05) is 7.05 Å². The molecule has 62 valence electrons. The number of hydrogen-bond donors (Lipinski definition) is 1. The van der Waals surface area contributed by atoms with Crippen molar-refractivity contribution in [2.24, 2.45) is 0 Å². The first-order valence-electron chi connectivity index (χ1n) is 2.77. The smallest absolute Gasteiger partial charge is 0.194 e. The molecule has 0 heterocycles. The summed E-state index contributed by atoms with van der Waals surface area (Å²) in [5.41, 5.74) is 0. The molecule has 0 fully saturated rings. The van der Waals surface area contributed by atoms with E-state index in [-0.39, 0.29) is 6.04 Å². The van der Waals surface area contributed by atoms with Crippen LogP contribution in [0.1, 0.15) is 13.8 Å². The van der Waals surface area contributed by atoms with Crippen LogP contribution in [0.5, 0.6) is 0 Å². The third-order valence-corrected chi connectivity index (χ3v) is 3.16. The second-order valence-corrected chi connectivity index (χ2v) is 4.34. The van der Waals surface area contributed by atoms with E-state index in [1.165, 1.54) is 7.05 Å². The lowest BCUT2D eigenvalue weighted by Gasteiger charge is -2.18. The summed E-state index contributed by atoms with van der Waals surface area (Å²) < 4.78 is 24.5. The van der Waals surface area contributed by atoms with Gasteiger partial charge >= 0.3 is 0 Å². The monoisotopic (exact) mass is 186 g/mol. The second kappa shape index (κ2) is 3.52. The summed E-state index contributed by atoms with van der Waals surface area (Å²) >= 11 is 4.95. The highest BCUT2D eigenvalue weighted by atomic mass is 35.5. The van der Waals surface area contributed by atoms with Crippen LogP contribution in [0, 0.1) is 0 Å². The molecule has 6 heteroatoms. The Balaban J connectivity index is 4.35. The Kier molecular flexibility index (Phi) is 3.58. The lowest BCUT2D eigenvalue weighted by atomic mass is 10.4. The number of halogens is 1. The van der Waals surface area contributed by atoms with Crippen molar-refractivity contribution in [3.63, 3.8) is 0 Å². The van der Waals surface area contributed by atoms with Gasteiger partial charge in [-0.05, 0) is 25.6 Å². The van der Waals surface area contributed by atoms with E-state index < -0.39 is 10.2 Å². The Bertz CT molecular complexity index is 189. The molecule has 0 atom stereocenters. The van der Waals surface area contributed by atoms with E-state index in [1.54, 1.807) is 18.1 Å². The minimum absolute atomic E-state index is 0.0868. The Labute approximate surface area is 66.5 Å². The van der Waals surface area contributed by atoms with Crippen LogP contribution in [0.25, 0.3) is 0 Å². The molecule has 0 aromatic carbocycles. The highest BCUT2D eigenvalue weighted by molar-refractivity contribution is 7.88. The third kappa shape index (κ3) is 2.42. The molecule has 0 unspecified atom stereocenters. The molecular formula is C4H11ClN2O2S. The first kappa shape index (κ1) is 10.2. The summed E-state index contributed by atoms with van der Waals surface area (Å²) in [5.74, 6) is 0. The molecule has 0 radical (unpaired) electrons. The van der Waals surface area contributed by atoms with Crippen molar-refractivity contribution in [3.8, 4) is 0 Å². The summed E-state index contributed by atoms with van der Waals surface area (Å²) in [6.07, 6.45) is 0. The average Bonchev–Trinajstić information content (AvgIpc) is 1.86. The molecule has 0 amide bonds.